The van der Waals surface area contributed by atoms with Crippen molar-refractivity contribution in [1.82, 2.24) is 0 Å². The molecular weight excluding hydrogens is 937 g/mol. The molecule has 0 saturated carbocycles. The van der Waals surface area contributed by atoms with Gasteiger partial charge in [0.05, 0.1) is 0 Å². The van der Waals surface area contributed by atoms with Crippen LogP contribution in [-0.4, -0.2) is 37.2 Å². The lowest BCUT2D eigenvalue weighted by Gasteiger charge is -2.18. The third kappa shape index (κ3) is 60.9. The van der Waals surface area contributed by atoms with Gasteiger partial charge in [-0.15, -0.1) is 0 Å². The van der Waals surface area contributed by atoms with E-state index in [0.29, 0.717) is 19.3 Å². The topological polar surface area (TPSA) is 78.9 Å². The third-order valence-electron chi connectivity index (χ3n) is 13.5. The maximum atomic E-state index is 12.9. The molecule has 0 bridgehead atoms. The maximum absolute atomic E-state index is 12.9. The van der Waals surface area contributed by atoms with Crippen molar-refractivity contribution in [3.05, 3.63) is 109 Å². The van der Waals surface area contributed by atoms with Crippen LogP contribution in [0.1, 0.15) is 297 Å². The molecular formula is C70H118O6. The first-order valence-electron chi connectivity index (χ1n) is 31.9. The molecule has 0 aromatic carbocycles. The van der Waals surface area contributed by atoms with E-state index in [1.54, 1.807) is 0 Å². The van der Waals surface area contributed by atoms with E-state index in [2.05, 4.69) is 130 Å². The van der Waals surface area contributed by atoms with Gasteiger partial charge in [-0.1, -0.05) is 259 Å². The van der Waals surface area contributed by atoms with E-state index in [9.17, 15) is 14.4 Å². The Bertz CT molecular complexity index is 1540. The number of esters is 3. The summed E-state index contributed by atoms with van der Waals surface area (Å²) in [5, 5.41) is 0. The molecule has 0 N–H and O–H groups in total. The molecule has 6 nitrogen and oxygen atoms in total. The Hall–Kier alpha value is -3.93. The molecule has 0 heterocycles. The van der Waals surface area contributed by atoms with E-state index >= 15 is 0 Å². The number of unbranched alkanes of at least 4 members (excludes halogenated alkanes) is 28. The second-order valence-electron chi connectivity index (χ2n) is 20.9. The first-order valence-corrected chi connectivity index (χ1v) is 31.9. The number of carbonyl (C=O) groups excluding carboxylic acids is 3. The fraction of sp³-hybridized carbons (Fsp3) is 0.700. The molecule has 0 aliphatic carbocycles. The first kappa shape index (κ1) is 72.1. The van der Waals surface area contributed by atoms with Crippen molar-refractivity contribution in [2.75, 3.05) is 13.2 Å². The molecule has 434 valence electrons. The van der Waals surface area contributed by atoms with Crippen LogP contribution in [0.5, 0.6) is 0 Å². The SMILES string of the molecule is CC/C=C\C/C=C\C/C=C\C/C=C\C/C=C\C/C=C\CCCCCCC(=O)OCC(COC(=O)CCCCCCCCC/C=C\C/C=C\CCCCC)OC(=O)CCCCCCCCC/C=C\CCCCCCCCC. The van der Waals surface area contributed by atoms with Crippen LogP contribution in [0.3, 0.4) is 0 Å². The van der Waals surface area contributed by atoms with Crippen LogP contribution in [-0.2, 0) is 28.6 Å². The predicted molar refractivity (Wildman–Crippen MR) is 330 cm³/mol. The molecule has 0 saturated heterocycles. The average Bonchev–Trinajstić information content (AvgIpc) is 3.42. The van der Waals surface area contributed by atoms with Crippen LogP contribution in [0.4, 0.5) is 0 Å². The number of hydrogen-bond acceptors (Lipinski definition) is 6. The molecule has 76 heavy (non-hydrogen) atoms. The van der Waals surface area contributed by atoms with Crippen LogP contribution < -0.4 is 0 Å². The molecule has 0 amide bonds. The normalized spacial score (nSPS) is 12.8. The highest BCUT2D eigenvalue weighted by atomic mass is 16.6. The molecule has 0 radical (unpaired) electrons. The Kier molecular flexibility index (Phi) is 60.3. The van der Waals surface area contributed by atoms with E-state index in [4.69, 9.17) is 14.2 Å². The summed E-state index contributed by atoms with van der Waals surface area (Å²) in [5.74, 6) is -0.923. The van der Waals surface area contributed by atoms with Crippen LogP contribution in [0.2, 0.25) is 0 Å². The van der Waals surface area contributed by atoms with Gasteiger partial charge >= 0.3 is 17.9 Å². The number of allylic oxidation sites excluding steroid dienone is 18. The zero-order valence-corrected chi connectivity index (χ0v) is 49.7. The lowest BCUT2D eigenvalue weighted by Crippen LogP contribution is -2.30. The highest BCUT2D eigenvalue weighted by molar-refractivity contribution is 5.71. The second-order valence-corrected chi connectivity index (χ2v) is 20.9. The van der Waals surface area contributed by atoms with Gasteiger partial charge < -0.3 is 14.2 Å². The molecule has 0 aromatic rings. The van der Waals surface area contributed by atoms with E-state index in [1.165, 1.54) is 135 Å². The largest absolute Gasteiger partial charge is 0.462 e. The van der Waals surface area contributed by atoms with Gasteiger partial charge in [-0.25, -0.2) is 0 Å². The smallest absolute Gasteiger partial charge is 0.306 e. The third-order valence-corrected chi connectivity index (χ3v) is 13.5. The van der Waals surface area contributed by atoms with Crippen LogP contribution in [0, 0.1) is 0 Å². The number of rotatable bonds is 57. The Labute approximate surface area is 470 Å². The molecule has 0 aliphatic rings. The molecule has 0 rings (SSSR count). The zero-order chi connectivity index (χ0) is 55.0. The first-order chi connectivity index (χ1) is 37.5. The summed E-state index contributed by atoms with van der Waals surface area (Å²) in [6.07, 6.45) is 86.5. The number of carbonyl (C=O) groups is 3. The number of ether oxygens (including phenoxy) is 3. The van der Waals surface area contributed by atoms with Crippen LogP contribution in [0.25, 0.3) is 0 Å². The molecule has 0 aliphatic heterocycles. The van der Waals surface area contributed by atoms with Gasteiger partial charge in [-0.2, -0.15) is 0 Å². The summed E-state index contributed by atoms with van der Waals surface area (Å²) >= 11 is 0. The monoisotopic (exact) mass is 1050 g/mol. The summed E-state index contributed by atoms with van der Waals surface area (Å²) in [7, 11) is 0. The quantitative estimate of drug-likeness (QED) is 0.0261. The summed E-state index contributed by atoms with van der Waals surface area (Å²) in [4.78, 5) is 38.3. The Balaban J connectivity index is 4.46. The van der Waals surface area contributed by atoms with Gasteiger partial charge in [-0.05, 0) is 128 Å². The van der Waals surface area contributed by atoms with E-state index in [0.717, 1.165) is 122 Å². The van der Waals surface area contributed by atoms with Gasteiger partial charge in [0.2, 0.25) is 0 Å². The van der Waals surface area contributed by atoms with Crippen molar-refractivity contribution >= 4 is 17.9 Å². The summed E-state index contributed by atoms with van der Waals surface area (Å²) in [5.41, 5.74) is 0. The zero-order valence-electron chi connectivity index (χ0n) is 49.7. The minimum absolute atomic E-state index is 0.0928. The predicted octanol–water partition coefficient (Wildman–Crippen LogP) is 21.8. The van der Waals surface area contributed by atoms with Crippen molar-refractivity contribution in [2.24, 2.45) is 0 Å². The standard InChI is InChI=1S/C70H118O6/c1-4-7-10-13-16-19-22-25-28-31-33-34-35-36-37-40-42-45-48-51-54-57-60-63-69(72)75-66-67(65-74-68(71)62-59-56-53-50-47-44-41-38-30-27-24-21-18-15-12-9-6-3)76-70(73)64-61-58-55-52-49-46-43-39-32-29-26-23-20-17-14-11-8-5-2/h7,10,16,18-19,21,25,27-30,32-34,36-37,42,45,67H,4-6,8-9,11-15,17,20,22-24,26,31,35,38-41,43-44,46-66H2,1-3H3/b10-7-,19-16-,21-18-,28-25-,30-27-,32-29-,34-33-,37-36-,45-42-. The van der Waals surface area contributed by atoms with Crippen molar-refractivity contribution in [1.29, 1.82) is 0 Å². The molecule has 0 aromatic heterocycles. The van der Waals surface area contributed by atoms with Gasteiger partial charge in [0.15, 0.2) is 6.10 Å². The highest BCUT2D eigenvalue weighted by Gasteiger charge is 2.19. The maximum Gasteiger partial charge on any atom is 0.306 e. The molecule has 0 spiro atoms. The lowest BCUT2D eigenvalue weighted by molar-refractivity contribution is -0.167. The minimum Gasteiger partial charge on any atom is -0.462 e. The highest BCUT2D eigenvalue weighted by Crippen LogP contribution is 2.15. The fourth-order valence-electron chi connectivity index (χ4n) is 8.71. The Morgan fingerprint density at radius 1 is 0.276 bits per heavy atom. The summed E-state index contributed by atoms with van der Waals surface area (Å²) in [6, 6.07) is 0. The van der Waals surface area contributed by atoms with Crippen molar-refractivity contribution in [3.8, 4) is 0 Å². The van der Waals surface area contributed by atoms with Gasteiger partial charge in [0.1, 0.15) is 13.2 Å². The van der Waals surface area contributed by atoms with Crippen molar-refractivity contribution < 1.29 is 28.6 Å². The van der Waals surface area contributed by atoms with Crippen LogP contribution >= 0.6 is 0 Å². The average molecular weight is 1060 g/mol. The molecule has 0 fully saturated rings. The van der Waals surface area contributed by atoms with E-state index in [-0.39, 0.29) is 31.1 Å². The molecule has 1 unspecified atom stereocenters. The van der Waals surface area contributed by atoms with Gasteiger partial charge in [-0.3, -0.25) is 14.4 Å². The molecule has 1 atom stereocenters. The fourth-order valence-corrected chi connectivity index (χ4v) is 8.71. The molecule has 6 heteroatoms. The Morgan fingerprint density at radius 2 is 0.513 bits per heavy atom. The summed E-state index contributed by atoms with van der Waals surface area (Å²) < 4.78 is 16.9. The van der Waals surface area contributed by atoms with Crippen LogP contribution in [0.15, 0.2) is 109 Å². The Morgan fingerprint density at radius 3 is 0.842 bits per heavy atom. The number of hydrogen-bond donors (Lipinski definition) is 0. The van der Waals surface area contributed by atoms with Gasteiger partial charge in [0, 0.05) is 19.3 Å². The summed E-state index contributed by atoms with van der Waals surface area (Å²) in [6.45, 7) is 6.49. The van der Waals surface area contributed by atoms with Crippen molar-refractivity contribution in [3.63, 3.8) is 0 Å². The van der Waals surface area contributed by atoms with E-state index < -0.39 is 6.10 Å². The van der Waals surface area contributed by atoms with Crippen molar-refractivity contribution in [2.45, 2.75) is 303 Å². The van der Waals surface area contributed by atoms with Gasteiger partial charge in [0.25, 0.3) is 0 Å². The van der Waals surface area contributed by atoms with E-state index in [1.807, 2.05) is 0 Å². The minimum atomic E-state index is -0.798. The lowest BCUT2D eigenvalue weighted by atomic mass is 10.1. The second kappa shape index (κ2) is 63.6.